The summed E-state index contributed by atoms with van der Waals surface area (Å²) >= 11 is 1.73. The first-order valence-electron chi connectivity index (χ1n) is 11.1. The van der Waals surface area contributed by atoms with Crippen LogP contribution in [0.4, 0.5) is 0 Å². The minimum Gasteiger partial charge on any atom is -0.337 e. The highest BCUT2D eigenvalue weighted by Gasteiger charge is 2.33. The zero-order valence-electron chi connectivity index (χ0n) is 18.1. The Morgan fingerprint density at radius 2 is 2.07 bits per heavy atom. The summed E-state index contributed by atoms with van der Waals surface area (Å²) in [6, 6.07) is 8.15. The van der Waals surface area contributed by atoms with E-state index in [9.17, 15) is 4.79 Å². The topological polar surface area (TPSA) is 50.5 Å². The lowest BCUT2D eigenvalue weighted by molar-refractivity contribution is 0.0709. The molecule has 1 amide bonds. The second-order valence-corrected chi connectivity index (χ2v) is 11.1. The molecule has 3 aromatic rings. The number of hydrogen-bond donors (Lipinski definition) is 0. The molecule has 5 rings (SSSR count). The third-order valence-corrected chi connectivity index (χ3v) is 8.16. The van der Waals surface area contributed by atoms with Crippen LogP contribution in [0.3, 0.4) is 0 Å². The summed E-state index contributed by atoms with van der Waals surface area (Å²) in [5, 5.41) is 8.75. The summed E-state index contributed by atoms with van der Waals surface area (Å²) in [6.07, 6.45) is 7.53. The number of amides is 1. The van der Waals surface area contributed by atoms with Crippen LogP contribution in [0.2, 0.25) is 0 Å². The number of rotatable bonds is 2. The van der Waals surface area contributed by atoms with Crippen LogP contribution in [0.15, 0.2) is 30.5 Å². The number of piperidine rings is 1. The normalized spacial score (nSPS) is 22.3. The van der Waals surface area contributed by atoms with Crippen molar-refractivity contribution >= 4 is 22.9 Å². The number of likely N-dealkylation sites (tertiary alicyclic amines) is 1. The van der Waals surface area contributed by atoms with Gasteiger partial charge in [-0.15, -0.1) is 21.5 Å². The molecule has 0 radical (unpaired) electrons. The number of aryl methyl sites for hydroxylation is 1. The molecular weight excluding hydrogens is 392 g/mol. The Labute approximate surface area is 182 Å². The Morgan fingerprint density at radius 1 is 1.20 bits per heavy atom. The third kappa shape index (κ3) is 3.55. The van der Waals surface area contributed by atoms with E-state index in [2.05, 4.69) is 41.4 Å². The number of carbonyl (C=O) groups is 1. The fourth-order valence-corrected chi connectivity index (χ4v) is 6.21. The van der Waals surface area contributed by atoms with Gasteiger partial charge in [0.05, 0.1) is 4.88 Å². The quantitative estimate of drug-likeness (QED) is 0.586. The van der Waals surface area contributed by atoms with Crippen molar-refractivity contribution in [2.24, 2.45) is 11.3 Å². The largest absolute Gasteiger partial charge is 0.337 e. The molecule has 1 saturated heterocycles. The van der Waals surface area contributed by atoms with Crippen LogP contribution in [0, 0.1) is 11.3 Å². The fraction of sp³-hybridized carbons (Fsp3) is 0.542. The zero-order valence-corrected chi connectivity index (χ0v) is 18.9. The summed E-state index contributed by atoms with van der Waals surface area (Å²) in [5.74, 6) is 2.10. The fourth-order valence-electron chi connectivity index (χ4n) is 5.03. The lowest BCUT2D eigenvalue weighted by Crippen LogP contribution is -2.39. The van der Waals surface area contributed by atoms with E-state index in [-0.39, 0.29) is 11.8 Å². The third-order valence-electron chi connectivity index (χ3n) is 6.93. The molecule has 0 unspecified atom stereocenters. The van der Waals surface area contributed by atoms with Gasteiger partial charge in [-0.2, -0.15) is 0 Å². The highest BCUT2D eigenvalue weighted by molar-refractivity contribution is 7.14. The van der Waals surface area contributed by atoms with Crippen LogP contribution in [-0.2, 0) is 12.8 Å². The first-order valence-corrected chi connectivity index (χ1v) is 11.9. The number of nitrogens with zero attached hydrogens (tertiary/aromatic N) is 4. The standard InChI is InChI=1S/C24H30N4OS/c1-24(2,3)18-9-10-19-17(13-18)14-20(30-19)23(29)27-11-6-7-16(15-27)22-26-25-21-8-4-5-12-28(21)22/h4-5,8,12,14,16,18H,6-7,9-11,13,15H2,1-3H3/t16-,18+/m1/s1. The van der Waals surface area contributed by atoms with Crippen molar-refractivity contribution in [3.8, 4) is 0 Å². The molecule has 1 aliphatic carbocycles. The van der Waals surface area contributed by atoms with Gasteiger partial charge in [0.2, 0.25) is 0 Å². The summed E-state index contributed by atoms with van der Waals surface area (Å²) in [4.78, 5) is 17.8. The van der Waals surface area contributed by atoms with E-state index < -0.39 is 0 Å². The van der Waals surface area contributed by atoms with Crippen molar-refractivity contribution in [1.82, 2.24) is 19.5 Å². The number of carbonyl (C=O) groups excluding carboxylic acids is 1. The highest BCUT2D eigenvalue weighted by Crippen LogP contribution is 2.40. The molecule has 0 spiro atoms. The van der Waals surface area contributed by atoms with Crippen LogP contribution in [-0.4, -0.2) is 38.5 Å². The van der Waals surface area contributed by atoms with E-state index in [0.717, 1.165) is 55.1 Å². The van der Waals surface area contributed by atoms with Crippen LogP contribution in [0.25, 0.3) is 5.65 Å². The first kappa shape index (κ1) is 19.7. The molecule has 6 heteroatoms. The van der Waals surface area contributed by atoms with Gasteiger partial charge in [-0.25, -0.2) is 0 Å². The number of aromatic nitrogens is 3. The molecular formula is C24H30N4OS. The Morgan fingerprint density at radius 3 is 2.90 bits per heavy atom. The van der Waals surface area contributed by atoms with E-state index in [1.54, 1.807) is 11.3 Å². The lowest BCUT2D eigenvalue weighted by Gasteiger charge is -2.33. The van der Waals surface area contributed by atoms with Crippen LogP contribution >= 0.6 is 11.3 Å². The molecule has 0 bridgehead atoms. The van der Waals surface area contributed by atoms with E-state index in [1.807, 2.05) is 29.3 Å². The average molecular weight is 423 g/mol. The molecule has 158 valence electrons. The average Bonchev–Trinajstić information content (AvgIpc) is 3.36. The second kappa shape index (κ2) is 7.49. The van der Waals surface area contributed by atoms with Crippen LogP contribution in [0.5, 0.6) is 0 Å². The SMILES string of the molecule is CC(C)(C)[C@H]1CCc2sc(C(=O)N3CCC[C@@H](c4nnc5ccccn45)C3)cc2C1. The summed E-state index contributed by atoms with van der Waals surface area (Å²) in [5.41, 5.74) is 2.60. The first-order chi connectivity index (χ1) is 14.4. The van der Waals surface area contributed by atoms with Gasteiger partial charge in [0.1, 0.15) is 5.82 Å². The maximum atomic E-state index is 13.4. The predicted octanol–water partition coefficient (Wildman–Crippen LogP) is 4.96. The molecule has 3 aromatic heterocycles. The van der Waals surface area contributed by atoms with Gasteiger partial charge < -0.3 is 4.90 Å². The molecule has 2 aliphatic rings. The van der Waals surface area contributed by atoms with Crippen LogP contribution in [0.1, 0.15) is 71.9 Å². The molecule has 0 N–H and O–H groups in total. The molecule has 0 aromatic carbocycles. The molecule has 2 atom stereocenters. The predicted molar refractivity (Wildman–Crippen MR) is 120 cm³/mol. The van der Waals surface area contributed by atoms with E-state index in [4.69, 9.17) is 0 Å². The van der Waals surface area contributed by atoms with Crippen molar-refractivity contribution in [3.05, 3.63) is 51.6 Å². The molecule has 5 nitrogen and oxygen atoms in total. The van der Waals surface area contributed by atoms with Crippen molar-refractivity contribution in [2.75, 3.05) is 13.1 Å². The van der Waals surface area contributed by atoms with Crippen molar-refractivity contribution in [1.29, 1.82) is 0 Å². The van der Waals surface area contributed by atoms with Gasteiger partial charge in [-0.3, -0.25) is 9.20 Å². The van der Waals surface area contributed by atoms with Gasteiger partial charge in [0.25, 0.3) is 5.91 Å². The Kier molecular flexibility index (Phi) is 4.92. The molecule has 1 aliphatic heterocycles. The second-order valence-electron chi connectivity index (χ2n) is 9.94. The Hall–Kier alpha value is -2.21. The Balaban J connectivity index is 1.34. The minimum atomic E-state index is 0.195. The van der Waals surface area contributed by atoms with Crippen LogP contribution < -0.4 is 0 Å². The molecule has 0 saturated carbocycles. The van der Waals surface area contributed by atoms with Gasteiger partial charge in [0, 0.05) is 30.1 Å². The monoisotopic (exact) mass is 422 g/mol. The summed E-state index contributed by atoms with van der Waals surface area (Å²) in [6.45, 7) is 8.57. The van der Waals surface area contributed by atoms with E-state index in [0.29, 0.717) is 11.3 Å². The van der Waals surface area contributed by atoms with Crippen molar-refractivity contribution < 1.29 is 4.79 Å². The number of thiophene rings is 1. The smallest absolute Gasteiger partial charge is 0.263 e. The van der Waals surface area contributed by atoms with Gasteiger partial charge in [-0.05, 0) is 67.2 Å². The number of hydrogen-bond acceptors (Lipinski definition) is 4. The molecule has 4 heterocycles. The lowest BCUT2D eigenvalue weighted by atomic mass is 9.72. The Bertz CT molecular complexity index is 1080. The van der Waals surface area contributed by atoms with E-state index in [1.165, 1.54) is 16.9 Å². The number of pyridine rings is 1. The highest BCUT2D eigenvalue weighted by atomic mass is 32.1. The molecule has 1 fully saturated rings. The van der Waals surface area contributed by atoms with Gasteiger partial charge in [0.15, 0.2) is 5.65 Å². The van der Waals surface area contributed by atoms with Gasteiger partial charge >= 0.3 is 0 Å². The summed E-state index contributed by atoms with van der Waals surface area (Å²) in [7, 11) is 0. The molecule has 30 heavy (non-hydrogen) atoms. The van der Waals surface area contributed by atoms with Gasteiger partial charge in [-0.1, -0.05) is 26.8 Å². The maximum absolute atomic E-state index is 13.4. The maximum Gasteiger partial charge on any atom is 0.263 e. The van der Waals surface area contributed by atoms with E-state index >= 15 is 0 Å². The van der Waals surface area contributed by atoms with Crippen molar-refractivity contribution in [3.63, 3.8) is 0 Å². The zero-order chi connectivity index (χ0) is 20.9. The van der Waals surface area contributed by atoms with Crippen molar-refractivity contribution in [2.45, 2.75) is 58.8 Å². The minimum absolute atomic E-state index is 0.195. The summed E-state index contributed by atoms with van der Waals surface area (Å²) < 4.78 is 2.06. The number of fused-ring (bicyclic) bond motifs is 2.